The molecule has 1 saturated heterocycles. The van der Waals surface area contributed by atoms with E-state index in [4.69, 9.17) is 0 Å². The van der Waals surface area contributed by atoms with Crippen LogP contribution in [0.15, 0.2) is 18.3 Å². The number of hydrogen-bond donors (Lipinski definition) is 1. The van der Waals surface area contributed by atoms with Crippen LogP contribution in [0, 0.1) is 0 Å². The van der Waals surface area contributed by atoms with E-state index >= 15 is 0 Å². The van der Waals surface area contributed by atoms with Crippen LogP contribution in [0.4, 0.5) is 5.69 Å². The van der Waals surface area contributed by atoms with E-state index in [-0.39, 0.29) is 11.9 Å². The average molecular weight is 262 g/mol. The number of carbonyl (C=O) groups is 1. The second-order valence-corrected chi connectivity index (χ2v) is 5.04. The molecular weight excluding hydrogens is 240 g/mol. The summed E-state index contributed by atoms with van der Waals surface area (Å²) in [4.78, 5) is 20.2. The highest BCUT2D eigenvalue weighted by molar-refractivity contribution is 5.81. The molecule has 1 N–H and O–H groups in total. The molecule has 5 heteroatoms. The summed E-state index contributed by atoms with van der Waals surface area (Å²) in [6.45, 7) is 4.25. The van der Waals surface area contributed by atoms with Gasteiger partial charge in [0.25, 0.3) is 0 Å². The molecule has 19 heavy (non-hydrogen) atoms. The van der Waals surface area contributed by atoms with Gasteiger partial charge in [-0.1, -0.05) is 0 Å². The van der Waals surface area contributed by atoms with Crippen LogP contribution in [0.2, 0.25) is 0 Å². The fraction of sp³-hybridized carbons (Fsp3) is 0.571. The van der Waals surface area contributed by atoms with Crippen molar-refractivity contribution in [3.63, 3.8) is 0 Å². The van der Waals surface area contributed by atoms with Crippen molar-refractivity contribution < 1.29 is 4.79 Å². The van der Waals surface area contributed by atoms with Gasteiger partial charge < -0.3 is 15.1 Å². The van der Waals surface area contributed by atoms with E-state index in [1.165, 1.54) is 0 Å². The molecular formula is C14H22N4O. The van der Waals surface area contributed by atoms with Gasteiger partial charge in [0.05, 0.1) is 24.1 Å². The molecule has 0 saturated carbocycles. The summed E-state index contributed by atoms with van der Waals surface area (Å²) in [6.07, 6.45) is 2.86. The predicted octanol–water partition coefficient (Wildman–Crippen LogP) is 1.03. The van der Waals surface area contributed by atoms with Crippen molar-refractivity contribution in [2.45, 2.75) is 19.4 Å². The fourth-order valence-electron chi connectivity index (χ4n) is 2.20. The van der Waals surface area contributed by atoms with E-state index in [2.05, 4.69) is 28.2 Å². The van der Waals surface area contributed by atoms with Crippen molar-refractivity contribution in [1.82, 2.24) is 15.2 Å². The summed E-state index contributed by atoms with van der Waals surface area (Å²) < 4.78 is 0. The molecule has 0 bridgehead atoms. The van der Waals surface area contributed by atoms with Gasteiger partial charge in [0.1, 0.15) is 0 Å². The van der Waals surface area contributed by atoms with E-state index in [1.807, 2.05) is 26.4 Å². The lowest BCUT2D eigenvalue weighted by atomic mass is 10.2. The maximum absolute atomic E-state index is 11.9. The van der Waals surface area contributed by atoms with Crippen molar-refractivity contribution in [1.29, 1.82) is 0 Å². The summed E-state index contributed by atoms with van der Waals surface area (Å²) in [5.41, 5.74) is 2.04. The normalized spacial score (nSPS) is 18.4. The van der Waals surface area contributed by atoms with Gasteiger partial charge in [-0.15, -0.1) is 0 Å². The van der Waals surface area contributed by atoms with Gasteiger partial charge >= 0.3 is 0 Å². The first kappa shape index (κ1) is 13.8. The first-order chi connectivity index (χ1) is 9.11. The molecule has 1 fully saturated rings. The molecule has 0 aromatic carbocycles. The van der Waals surface area contributed by atoms with Crippen LogP contribution in [0.3, 0.4) is 0 Å². The monoisotopic (exact) mass is 262 g/mol. The molecule has 104 valence electrons. The molecule has 1 atom stereocenters. The third-order valence-corrected chi connectivity index (χ3v) is 3.69. The molecule has 1 amide bonds. The Bertz CT molecular complexity index is 432. The molecule has 2 rings (SSSR count). The molecule has 1 unspecified atom stereocenters. The lowest BCUT2D eigenvalue weighted by molar-refractivity contribution is -0.127. The second-order valence-electron chi connectivity index (χ2n) is 5.04. The minimum absolute atomic E-state index is 0.171. The maximum atomic E-state index is 11.9. The number of nitrogens with zero attached hydrogens (tertiary/aromatic N) is 3. The summed E-state index contributed by atoms with van der Waals surface area (Å²) >= 11 is 0. The van der Waals surface area contributed by atoms with Gasteiger partial charge in [-0.05, 0) is 32.5 Å². The molecule has 1 aromatic rings. The number of nitrogens with one attached hydrogen (secondary N) is 1. The molecule has 0 radical (unpaired) electrons. The molecule has 5 nitrogen and oxygen atoms in total. The maximum Gasteiger partial charge on any atom is 0.241 e. The van der Waals surface area contributed by atoms with Crippen molar-refractivity contribution in [3.05, 3.63) is 24.0 Å². The van der Waals surface area contributed by atoms with Gasteiger partial charge in [-0.25, -0.2) is 0 Å². The standard InChI is InChI=1S/C14H22N4O/c1-11(15-2)13-6-5-12(9-16-13)18-8-4-7-17(3)14(19)10-18/h5-6,9,11,15H,4,7-8,10H2,1-3H3. The van der Waals surface area contributed by atoms with Gasteiger partial charge in [0.15, 0.2) is 0 Å². The summed E-state index contributed by atoms with van der Waals surface area (Å²) in [6, 6.07) is 4.32. The van der Waals surface area contributed by atoms with Crippen LogP contribution in [-0.2, 0) is 4.79 Å². The Labute approximate surface area is 114 Å². The average Bonchev–Trinajstić information content (AvgIpc) is 2.60. The molecule has 1 aliphatic rings. The second kappa shape index (κ2) is 6.02. The highest BCUT2D eigenvalue weighted by Crippen LogP contribution is 2.18. The lowest BCUT2D eigenvalue weighted by Crippen LogP contribution is -2.34. The Kier molecular flexibility index (Phi) is 4.37. The zero-order valence-corrected chi connectivity index (χ0v) is 11.9. The third kappa shape index (κ3) is 3.23. The molecule has 1 aromatic heterocycles. The smallest absolute Gasteiger partial charge is 0.241 e. The first-order valence-electron chi connectivity index (χ1n) is 6.74. The Balaban J connectivity index is 2.11. The minimum atomic E-state index is 0.171. The van der Waals surface area contributed by atoms with Crippen LogP contribution in [-0.4, -0.2) is 49.5 Å². The number of anilines is 1. The number of amides is 1. The van der Waals surface area contributed by atoms with Crippen molar-refractivity contribution in [2.75, 3.05) is 38.6 Å². The zero-order chi connectivity index (χ0) is 13.8. The molecule has 0 aliphatic carbocycles. The number of rotatable bonds is 3. The van der Waals surface area contributed by atoms with Gasteiger partial charge in [-0.2, -0.15) is 0 Å². The molecule has 1 aliphatic heterocycles. The zero-order valence-electron chi connectivity index (χ0n) is 11.9. The number of carbonyl (C=O) groups excluding carboxylic acids is 1. The first-order valence-corrected chi connectivity index (χ1v) is 6.74. The Morgan fingerprint density at radius 1 is 1.37 bits per heavy atom. The highest BCUT2D eigenvalue weighted by Gasteiger charge is 2.19. The van der Waals surface area contributed by atoms with Crippen LogP contribution >= 0.6 is 0 Å². The Morgan fingerprint density at radius 2 is 2.16 bits per heavy atom. The third-order valence-electron chi connectivity index (χ3n) is 3.69. The van der Waals surface area contributed by atoms with Crippen LogP contribution < -0.4 is 10.2 Å². The fourth-order valence-corrected chi connectivity index (χ4v) is 2.20. The molecule has 2 heterocycles. The van der Waals surface area contributed by atoms with Crippen LogP contribution in [0.5, 0.6) is 0 Å². The van der Waals surface area contributed by atoms with Gasteiger partial charge in [0, 0.05) is 26.2 Å². The summed E-state index contributed by atoms with van der Waals surface area (Å²) in [7, 11) is 3.78. The van der Waals surface area contributed by atoms with Gasteiger partial charge in [-0.3, -0.25) is 9.78 Å². The van der Waals surface area contributed by atoms with Crippen molar-refractivity contribution >= 4 is 11.6 Å². The number of hydrogen-bond acceptors (Lipinski definition) is 4. The number of likely N-dealkylation sites (N-methyl/N-ethyl adjacent to an activating group) is 1. The van der Waals surface area contributed by atoms with E-state index in [0.717, 1.165) is 30.9 Å². The molecule has 0 spiro atoms. The predicted molar refractivity (Wildman–Crippen MR) is 76.2 cm³/mol. The van der Waals surface area contributed by atoms with E-state index < -0.39 is 0 Å². The summed E-state index contributed by atoms with van der Waals surface area (Å²) in [5, 5.41) is 3.17. The van der Waals surface area contributed by atoms with Crippen molar-refractivity contribution in [3.8, 4) is 0 Å². The van der Waals surface area contributed by atoms with Crippen LogP contribution in [0.1, 0.15) is 25.1 Å². The lowest BCUT2D eigenvalue weighted by Gasteiger charge is -2.22. The highest BCUT2D eigenvalue weighted by atomic mass is 16.2. The van der Waals surface area contributed by atoms with Gasteiger partial charge in [0.2, 0.25) is 5.91 Å². The van der Waals surface area contributed by atoms with E-state index in [1.54, 1.807) is 4.90 Å². The topological polar surface area (TPSA) is 48.5 Å². The van der Waals surface area contributed by atoms with E-state index in [9.17, 15) is 4.79 Å². The van der Waals surface area contributed by atoms with Crippen LogP contribution in [0.25, 0.3) is 0 Å². The largest absolute Gasteiger partial charge is 0.361 e. The quantitative estimate of drug-likeness (QED) is 0.884. The van der Waals surface area contributed by atoms with Crippen molar-refractivity contribution in [2.24, 2.45) is 0 Å². The number of pyridine rings is 1. The van der Waals surface area contributed by atoms with E-state index in [0.29, 0.717) is 6.54 Å². The Morgan fingerprint density at radius 3 is 2.79 bits per heavy atom. The Hall–Kier alpha value is -1.62. The minimum Gasteiger partial charge on any atom is -0.361 e. The SMILES string of the molecule is CNC(C)c1ccc(N2CCCN(C)C(=O)C2)cn1. The number of aromatic nitrogens is 1. The summed E-state index contributed by atoms with van der Waals surface area (Å²) in [5.74, 6) is 0.171.